The van der Waals surface area contributed by atoms with Crippen LogP contribution in [0.5, 0.6) is 0 Å². The zero-order valence-corrected chi connectivity index (χ0v) is 8.24. The molecule has 1 heterocycles. The Labute approximate surface area is 73.3 Å². The van der Waals surface area contributed by atoms with Crippen LogP contribution in [-0.4, -0.2) is 18.0 Å². The minimum Gasteiger partial charge on any atom is -0.370 e. The molecule has 0 saturated carbocycles. The smallest absolute Gasteiger partial charge is 0.0617 e. The lowest BCUT2D eigenvalue weighted by Gasteiger charge is -2.31. The lowest BCUT2D eigenvalue weighted by Crippen LogP contribution is -2.30. The minimum atomic E-state index is 0.335. The van der Waals surface area contributed by atoms with E-state index in [2.05, 4.69) is 38.8 Å². The number of halogens is 1. The summed E-state index contributed by atoms with van der Waals surface area (Å²) >= 11 is 6.07. The Bertz CT molecular complexity index is 228. The van der Waals surface area contributed by atoms with Crippen LogP contribution in [0.2, 0.25) is 0 Å². The van der Waals surface area contributed by atoms with Gasteiger partial charge >= 0.3 is 0 Å². The monoisotopic (exact) mass is 171 g/mol. The maximum Gasteiger partial charge on any atom is 0.0617 e. The van der Waals surface area contributed by atoms with Gasteiger partial charge in [-0.1, -0.05) is 11.6 Å². The van der Waals surface area contributed by atoms with Crippen LogP contribution in [0.15, 0.2) is 22.4 Å². The van der Waals surface area contributed by atoms with Crippen molar-refractivity contribution in [2.45, 2.75) is 26.8 Å². The fourth-order valence-electron chi connectivity index (χ4n) is 1.29. The van der Waals surface area contributed by atoms with E-state index in [1.807, 2.05) is 0 Å². The van der Waals surface area contributed by atoms with Gasteiger partial charge in [-0.05, 0) is 32.4 Å². The van der Waals surface area contributed by atoms with E-state index in [4.69, 9.17) is 11.6 Å². The van der Waals surface area contributed by atoms with Crippen molar-refractivity contribution in [3.8, 4) is 0 Å². The molecule has 0 aromatic rings. The van der Waals surface area contributed by atoms with Gasteiger partial charge in [0.05, 0.1) is 6.04 Å². The topological polar surface area (TPSA) is 3.24 Å². The number of hydrogen-bond acceptors (Lipinski definition) is 1. The molecule has 62 valence electrons. The number of rotatable bonds is 0. The number of hydrogen-bond donors (Lipinski definition) is 0. The third-order valence-electron chi connectivity index (χ3n) is 2.31. The van der Waals surface area contributed by atoms with E-state index >= 15 is 0 Å². The van der Waals surface area contributed by atoms with Gasteiger partial charge in [0.1, 0.15) is 0 Å². The summed E-state index contributed by atoms with van der Waals surface area (Å²) in [6.07, 6.45) is 2.11. The molecule has 0 radical (unpaired) electrons. The van der Waals surface area contributed by atoms with E-state index in [1.165, 1.54) is 11.3 Å². The molecule has 0 fully saturated rings. The molecule has 0 spiro atoms. The summed E-state index contributed by atoms with van der Waals surface area (Å²) < 4.78 is 0. The third kappa shape index (κ3) is 1.43. The van der Waals surface area contributed by atoms with Crippen molar-refractivity contribution >= 4 is 11.6 Å². The van der Waals surface area contributed by atoms with Crippen LogP contribution in [0.25, 0.3) is 0 Å². The standard InChI is InChI=1S/C9H14ClN/c1-6-5-7(2)11(4)8(3)9(6)10/h5,8H,1-4H3. The highest BCUT2D eigenvalue weighted by Gasteiger charge is 2.18. The Balaban J connectivity index is 3.01. The fourth-order valence-corrected chi connectivity index (χ4v) is 1.49. The van der Waals surface area contributed by atoms with E-state index in [9.17, 15) is 0 Å². The molecule has 0 aromatic heterocycles. The number of likely N-dealkylation sites (N-methyl/N-ethyl adjacent to an activating group) is 1. The van der Waals surface area contributed by atoms with E-state index in [0.717, 1.165) is 5.03 Å². The van der Waals surface area contributed by atoms with Crippen LogP contribution >= 0.6 is 11.6 Å². The van der Waals surface area contributed by atoms with Crippen molar-refractivity contribution in [3.05, 3.63) is 22.4 Å². The van der Waals surface area contributed by atoms with Crippen LogP contribution in [0.1, 0.15) is 20.8 Å². The fraction of sp³-hybridized carbons (Fsp3) is 0.556. The summed E-state index contributed by atoms with van der Waals surface area (Å²) in [7, 11) is 2.06. The molecule has 0 N–H and O–H groups in total. The molecule has 1 rings (SSSR count). The van der Waals surface area contributed by atoms with Gasteiger partial charge in [0.25, 0.3) is 0 Å². The Morgan fingerprint density at radius 1 is 1.45 bits per heavy atom. The molecule has 0 saturated heterocycles. The molecule has 0 aliphatic carbocycles. The molecular weight excluding hydrogens is 158 g/mol. The molecule has 11 heavy (non-hydrogen) atoms. The second-order valence-corrected chi connectivity index (χ2v) is 3.51. The van der Waals surface area contributed by atoms with Gasteiger partial charge in [0, 0.05) is 17.8 Å². The SMILES string of the molecule is CC1=CC(C)=C(Cl)C(C)N1C. The molecule has 0 aromatic carbocycles. The van der Waals surface area contributed by atoms with Crippen molar-refractivity contribution in [2.75, 3.05) is 7.05 Å². The summed E-state index contributed by atoms with van der Waals surface area (Å²) in [6, 6.07) is 0.335. The predicted octanol–water partition coefficient (Wildman–Crippen LogP) is 2.74. The first-order chi connectivity index (χ1) is 5.04. The quantitative estimate of drug-likeness (QED) is 0.542. The normalized spacial score (nSPS) is 25.7. The first-order valence-corrected chi connectivity index (χ1v) is 4.19. The highest BCUT2D eigenvalue weighted by Crippen LogP contribution is 2.26. The van der Waals surface area contributed by atoms with E-state index in [1.54, 1.807) is 0 Å². The molecule has 1 unspecified atom stereocenters. The molecular formula is C9H14ClN. The van der Waals surface area contributed by atoms with Gasteiger partial charge in [-0.3, -0.25) is 0 Å². The molecule has 2 heteroatoms. The zero-order chi connectivity index (χ0) is 8.59. The van der Waals surface area contributed by atoms with Crippen molar-refractivity contribution in [1.29, 1.82) is 0 Å². The first kappa shape index (κ1) is 8.66. The van der Waals surface area contributed by atoms with Crippen LogP contribution in [0, 0.1) is 0 Å². The summed E-state index contributed by atoms with van der Waals surface area (Å²) in [5.74, 6) is 0. The Hall–Kier alpha value is -0.430. The summed E-state index contributed by atoms with van der Waals surface area (Å²) in [4.78, 5) is 2.18. The Morgan fingerprint density at radius 2 is 2.00 bits per heavy atom. The second kappa shape index (κ2) is 2.90. The average Bonchev–Trinajstić information content (AvgIpc) is 1.97. The summed E-state index contributed by atoms with van der Waals surface area (Å²) in [5.41, 5.74) is 2.47. The summed E-state index contributed by atoms with van der Waals surface area (Å²) in [6.45, 7) is 6.26. The molecule has 1 nitrogen and oxygen atoms in total. The number of nitrogens with zero attached hydrogens (tertiary/aromatic N) is 1. The molecule has 1 atom stereocenters. The lowest BCUT2D eigenvalue weighted by molar-refractivity contribution is 0.361. The van der Waals surface area contributed by atoms with Crippen LogP contribution in [0.3, 0.4) is 0 Å². The molecule has 1 aliphatic heterocycles. The van der Waals surface area contributed by atoms with Gasteiger partial charge in [-0.2, -0.15) is 0 Å². The summed E-state index contributed by atoms with van der Waals surface area (Å²) in [5, 5.41) is 0.957. The van der Waals surface area contributed by atoms with Crippen molar-refractivity contribution in [1.82, 2.24) is 4.90 Å². The van der Waals surface area contributed by atoms with Crippen molar-refractivity contribution in [3.63, 3.8) is 0 Å². The van der Waals surface area contributed by atoms with Gasteiger partial charge in [0.2, 0.25) is 0 Å². The van der Waals surface area contributed by atoms with Crippen molar-refractivity contribution < 1.29 is 0 Å². The average molecular weight is 172 g/mol. The van der Waals surface area contributed by atoms with E-state index < -0.39 is 0 Å². The largest absolute Gasteiger partial charge is 0.370 e. The number of allylic oxidation sites excluding steroid dienone is 3. The second-order valence-electron chi connectivity index (χ2n) is 3.10. The van der Waals surface area contributed by atoms with E-state index in [0.29, 0.717) is 6.04 Å². The van der Waals surface area contributed by atoms with E-state index in [-0.39, 0.29) is 0 Å². The van der Waals surface area contributed by atoms with Gasteiger partial charge in [0.15, 0.2) is 0 Å². The lowest BCUT2D eigenvalue weighted by atomic mass is 10.1. The molecule has 0 bridgehead atoms. The maximum atomic E-state index is 6.07. The van der Waals surface area contributed by atoms with Crippen LogP contribution in [0.4, 0.5) is 0 Å². The Kier molecular flexibility index (Phi) is 2.28. The van der Waals surface area contributed by atoms with Gasteiger partial charge < -0.3 is 4.90 Å². The Morgan fingerprint density at radius 3 is 2.55 bits per heavy atom. The third-order valence-corrected chi connectivity index (χ3v) is 2.92. The predicted molar refractivity (Wildman–Crippen MR) is 49.5 cm³/mol. The molecule has 1 aliphatic rings. The van der Waals surface area contributed by atoms with Crippen LogP contribution in [-0.2, 0) is 0 Å². The highest BCUT2D eigenvalue weighted by molar-refractivity contribution is 6.30. The maximum absolute atomic E-state index is 6.07. The van der Waals surface area contributed by atoms with Crippen molar-refractivity contribution in [2.24, 2.45) is 0 Å². The highest BCUT2D eigenvalue weighted by atomic mass is 35.5. The minimum absolute atomic E-state index is 0.335. The first-order valence-electron chi connectivity index (χ1n) is 3.81. The van der Waals surface area contributed by atoms with Gasteiger partial charge in [-0.15, -0.1) is 0 Å². The van der Waals surface area contributed by atoms with Gasteiger partial charge in [-0.25, -0.2) is 0 Å². The zero-order valence-electron chi connectivity index (χ0n) is 7.48. The van der Waals surface area contributed by atoms with Crippen LogP contribution < -0.4 is 0 Å². The molecule has 0 amide bonds.